The summed E-state index contributed by atoms with van der Waals surface area (Å²) in [5, 5.41) is 1.78. The molecule has 0 saturated heterocycles. The number of rotatable bonds is 4. The number of halogens is 3. The molecule has 0 radical (unpaired) electrons. The van der Waals surface area contributed by atoms with Crippen LogP contribution in [0.15, 0.2) is 41.3 Å². The van der Waals surface area contributed by atoms with Gasteiger partial charge in [-0.25, -0.2) is 0 Å². The zero-order valence-corrected chi connectivity index (χ0v) is 13.2. The first-order valence-electron chi connectivity index (χ1n) is 5.65. The van der Waals surface area contributed by atoms with Gasteiger partial charge in [0.05, 0.1) is 10.0 Å². The minimum absolute atomic E-state index is 0.479. The molecule has 0 spiro atoms. The fraction of sp³-hybridized carbons (Fsp3) is 0.143. The van der Waals surface area contributed by atoms with Crippen molar-refractivity contribution in [3.63, 3.8) is 0 Å². The summed E-state index contributed by atoms with van der Waals surface area (Å²) in [6.45, 7) is 2.07. The zero-order valence-electron chi connectivity index (χ0n) is 10.1. The number of hydrogen-bond acceptors (Lipinski definition) is 2. The molecule has 0 fully saturated rings. The highest BCUT2D eigenvalue weighted by Gasteiger charge is 2.07. The summed E-state index contributed by atoms with van der Waals surface area (Å²) < 4.78 is 5.74. The minimum atomic E-state index is 0.479. The maximum atomic E-state index is 6.11. The average Bonchev–Trinajstić information content (AvgIpc) is 2.37. The lowest BCUT2D eigenvalue weighted by atomic mass is 10.3. The average molecular weight is 334 g/mol. The van der Waals surface area contributed by atoms with Crippen LogP contribution in [0, 0.1) is 0 Å². The number of ether oxygens (including phenoxy) is 1. The van der Waals surface area contributed by atoms with Crippen LogP contribution in [0.2, 0.25) is 15.1 Å². The van der Waals surface area contributed by atoms with Crippen molar-refractivity contribution in [3.8, 4) is 11.5 Å². The van der Waals surface area contributed by atoms with E-state index in [2.05, 4.69) is 6.92 Å². The van der Waals surface area contributed by atoms with Crippen LogP contribution in [0.5, 0.6) is 11.5 Å². The molecule has 2 aromatic carbocycles. The van der Waals surface area contributed by atoms with Crippen LogP contribution in [0.25, 0.3) is 0 Å². The summed E-state index contributed by atoms with van der Waals surface area (Å²) in [6, 6.07) is 10.7. The van der Waals surface area contributed by atoms with Gasteiger partial charge in [0, 0.05) is 9.92 Å². The van der Waals surface area contributed by atoms with Gasteiger partial charge >= 0.3 is 0 Å². The third-order valence-corrected chi connectivity index (χ3v) is 4.23. The SMILES string of the molecule is CCSc1cc(Oc2ccc(Cl)cc2Cl)ccc1Cl. The van der Waals surface area contributed by atoms with Gasteiger partial charge in [-0.15, -0.1) is 11.8 Å². The second kappa shape index (κ2) is 6.76. The van der Waals surface area contributed by atoms with E-state index in [0.29, 0.717) is 21.5 Å². The van der Waals surface area contributed by atoms with Gasteiger partial charge < -0.3 is 4.74 Å². The third kappa shape index (κ3) is 3.96. The molecule has 0 atom stereocenters. The second-order valence-corrected chi connectivity index (χ2v) is 6.26. The normalized spacial score (nSPS) is 10.5. The van der Waals surface area contributed by atoms with E-state index in [1.54, 1.807) is 30.0 Å². The summed E-state index contributed by atoms with van der Waals surface area (Å²) in [7, 11) is 0. The van der Waals surface area contributed by atoms with Crippen molar-refractivity contribution in [1.29, 1.82) is 0 Å². The van der Waals surface area contributed by atoms with E-state index < -0.39 is 0 Å². The van der Waals surface area contributed by atoms with Gasteiger partial charge in [0.2, 0.25) is 0 Å². The second-order valence-electron chi connectivity index (χ2n) is 3.70. The van der Waals surface area contributed by atoms with Crippen LogP contribution < -0.4 is 4.74 Å². The molecule has 2 aromatic rings. The van der Waals surface area contributed by atoms with Gasteiger partial charge in [-0.3, -0.25) is 0 Å². The Balaban J connectivity index is 2.25. The van der Waals surface area contributed by atoms with Crippen molar-refractivity contribution < 1.29 is 4.74 Å². The van der Waals surface area contributed by atoms with Crippen molar-refractivity contribution in [2.45, 2.75) is 11.8 Å². The van der Waals surface area contributed by atoms with Crippen molar-refractivity contribution in [1.82, 2.24) is 0 Å². The maximum absolute atomic E-state index is 6.11. The number of hydrogen-bond donors (Lipinski definition) is 0. The lowest BCUT2D eigenvalue weighted by Crippen LogP contribution is -1.86. The van der Waals surface area contributed by atoms with Crippen molar-refractivity contribution in [3.05, 3.63) is 51.5 Å². The first kappa shape index (κ1) is 14.9. The Bertz CT molecular complexity index is 587. The molecular formula is C14H11Cl3OS. The molecule has 0 N–H and O–H groups in total. The van der Waals surface area contributed by atoms with Crippen LogP contribution in [0.3, 0.4) is 0 Å². The first-order chi connectivity index (χ1) is 9.10. The van der Waals surface area contributed by atoms with E-state index in [1.165, 1.54) is 0 Å². The standard InChI is InChI=1S/C14H11Cl3OS/c1-2-19-14-8-10(4-5-11(14)16)18-13-6-3-9(15)7-12(13)17/h3-8H,2H2,1H3. The van der Waals surface area contributed by atoms with Gasteiger partial charge in [0.1, 0.15) is 11.5 Å². The van der Waals surface area contributed by atoms with Crippen LogP contribution in [0.4, 0.5) is 0 Å². The Kier molecular flexibility index (Phi) is 5.28. The number of thioether (sulfide) groups is 1. The van der Waals surface area contributed by atoms with Gasteiger partial charge in [0.15, 0.2) is 0 Å². The summed E-state index contributed by atoms with van der Waals surface area (Å²) >= 11 is 19.7. The Hall–Kier alpha value is -0.540. The summed E-state index contributed by atoms with van der Waals surface area (Å²) in [5.74, 6) is 2.22. The molecule has 0 unspecified atom stereocenters. The molecule has 0 heterocycles. The number of benzene rings is 2. The van der Waals surface area contributed by atoms with Crippen molar-refractivity contribution in [2.75, 3.05) is 5.75 Å². The van der Waals surface area contributed by atoms with Crippen molar-refractivity contribution >= 4 is 46.6 Å². The smallest absolute Gasteiger partial charge is 0.146 e. The van der Waals surface area contributed by atoms with E-state index in [1.807, 2.05) is 18.2 Å². The van der Waals surface area contributed by atoms with Gasteiger partial charge in [-0.2, -0.15) is 0 Å². The summed E-state index contributed by atoms with van der Waals surface area (Å²) in [4.78, 5) is 0.992. The lowest BCUT2D eigenvalue weighted by Gasteiger charge is -2.10. The molecule has 100 valence electrons. The van der Waals surface area contributed by atoms with E-state index in [0.717, 1.165) is 15.7 Å². The van der Waals surface area contributed by atoms with E-state index >= 15 is 0 Å². The Morgan fingerprint density at radius 1 is 1.00 bits per heavy atom. The molecule has 0 amide bonds. The molecular weight excluding hydrogens is 323 g/mol. The highest BCUT2D eigenvalue weighted by atomic mass is 35.5. The minimum Gasteiger partial charge on any atom is -0.456 e. The van der Waals surface area contributed by atoms with Crippen LogP contribution >= 0.6 is 46.6 Å². The van der Waals surface area contributed by atoms with Gasteiger partial charge in [-0.05, 0) is 42.2 Å². The molecule has 0 aliphatic rings. The molecule has 0 aromatic heterocycles. The summed E-state index contributed by atoms with van der Waals surface area (Å²) in [6.07, 6.45) is 0. The Morgan fingerprint density at radius 2 is 1.79 bits per heavy atom. The first-order valence-corrected chi connectivity index (χ1v) is 7.77. The van der Waals surface area contributed by atoms with E-state index in [9.17, 15) is 0 Å². The summed E-state index contributed by atoms with van der Waals surface area (Å²) in [5.41, 5.74) is 0. The van der Waals surface area contributed by atoms with E-state index in [4.69, 9.17) is 39.5 Å². The topological polar surface area (TPSA) is 9.23 Å². The van der Waals surface area contributed by atoms with Crippen LogP contribution in [0.1, 0.15) is 6.92 Å². The quantitative estimate of drug-likeness (QED) is 0.587. The predicted molar refractivity (Wildman–Crippen MR) is 84.4 cm³/mol. The predicted octanol–water partition coefficient (Wildman–Crippen LogP) is 6.55. The van der Waals surface area contributed by atoms with Gasteiger partial charge in [-0.1, -0.05) is 41.7 Å². The Morgan fingerprint density at radius 3 is 2.47 bits per heavy atom. The molecule has 0 saturated carbocycles. The molecule has 0 bridgehead atoms. The van der Waals surface area contributed by atoms with Crippen LogP contribution in [-0.4, -0.2) is 5.75 Å². The molecule has 0 aliphatic heterocycles. The van der Waals surface area contributed by atoms with E-state index in [-0.39, 0.29) is 0 Å². The van der Waals surface area contributed by atoms with Crippen LogP contribution in [-0.2, 0) is 0 Å². The third-order valence-electron chi connectivity index (χ3n) is 2.32. The molecule has 19 heavy (non-hydrogen) atoms. The molecule has 1 nitrogen and oxygen atoms in total. The lowest BCUT2D eigenvalue weighted by molar-refractivity contribution is 0.481. The maximum Gasteiger partial charge on any atom is 0.146 e. The monoisotopic (exact) mass is 332 g/mol. The highest BCUT2D eigenvalue weighted by Crippen LogP contribution is 2.35. The molecule has 5 heteroatoms. The Labute approximate surface area is 131 Å². The zero-order chi connectivity index (χ0) is 13.8. The highest BCUT2D eigenvalue weighted by molar-refractivity contribution is 7.99. The fourth-order valence-corrected chi connectivity index (χ4v) is 2.94. The largest absolute Gasteiger partial charge is 0.456 e. The van der Waals surface area contributed by atoms with Gasteiger partial charge in [0.25, 0.3) is 0 Å². The molecule has 0 aliphatic carbocycles. The molecule has 2 rings (SSSR count). The fourth-order valence-electron chi connectivity index (χ4n) is 1.50. The van der Waals surface area contributed by atoms with Crippen molar-refractivity contribution in [2.24, 2.45) is 0 Å².